The van der Waals surface area contributed by atoms with E-state index >= 15 is 0 Å². The minimum Gasteiger partial charge on any atom is -0.497 e. The van der Waals surface area contributed by atoms with Crippen LogP contribution in [0.5, 0.6) is 0 Å². The molecule has 3 unspecified atom stereocenters. The molecular formula is C10H13O2Y-. The maximum absolute atomic E-state index is 11.4. The first-order valence-corrected chi connectivity index (χ1v) is 4.57. The fraction of sp³-hybridized carbons (Fsp3) is 0.700. The number of rotatable bonds is 2. The van der Waals surface area contributed by atoms with Crippen molar-refractivity contribution in [2.24, 2.45) is 17.8 Å². The standard InChI is InChI=1S/C10H13O2.Y/c1-2-12-10(11)9-6-7-3-4-8(9)5-7;/h4,7-9H,2,5-6H2,1H3;/q-1;. The molecule has 13 heavy (non-hydrogen) atoms. The second-order valence-corrected chi connectivity index (χ2v) is 3.52. The molecule has 1 fully saturated rings. The second-order valence-electron chi connectivity index (χ2n) is 3.52. The van der Waals surface area contributed by atoms with Gasteiger partial charge in [0.2, 0.25) is 0 Å². The summed E-state index contributed by atoms with van der Waals surface area (Å²) < 4.78 is 4.99. The van der Waals surface area contributed by atoms with Crippen LogP contribution in [0.2, 0.25) is 0 Å². The zero-order valence-corrected chi connectivity index (χ0v) is 10.7. The van der Waals surface area contributed by atoms with E-state index in [0.29, 0.717) is 18.4 Å². The van der Waals surface area contributed by atoms with Gasteiger partial charge in [0.15, 0.2) is 0 Å². The molecule has 2 bridgehead atoms. The summed E-state index contributed by atoms with van der Waals surface area (Å²) in [5, 5.41) is 0. The Hall–Kier alpha value is 0.314. The molecule has 1 saturated carbocycles. The third kappa shape index (κ3) is 2.22. The van der Waals surface area contributed by atoms with Crippen molar-refractivity contribution in [3.63, 3.8) is 0 Å². The average Bonchev–Trinajstić information content (AvgIpc) is 2.64. The first-order valence-electron chi connectivity index (χ1n) is 4.57. The van der Waals surface area contributed by atoms with Crippen LogP contribution in [-0.4, -0.2) is 12.6 Å². The molecule has 3 heteroatoms. The van der Waals surface area contributed by atoms with Gasteiger partial charge in [0.1, 0.15) is 0 Å². The zero-order valence-electron chi connectivity index (χ0n) is 7.82. The van der Waals surface area contributed by atoms with Crippen molar-refractivity contribution in [3.8, 4) is 0 Å². The fourth-order valence-corrected chi connectivity index (χ4v) is 2.17. The quantitative estimate of drug-likeness (QED) is 0.552. The van der Waals surface area contributed by atoms with Gasteiger partial charge in [0.25, 0.3) is 0 Å². The summed E-state index contributed by atoms with van der Waals surface area (Å²) in [6.45, 7) is 2.35. The molecule has 1 radical (unpaired) electrons. The van der Waals surface area contributed by atoms with Gasteiger partial charge < -0.3 is 10.8 Å². The van der Waals surface area contributed by atoms with Crippen LogP contribution in [0.4, 0.5) is 0 Å². The molecule has 3 atom stereocenters. The molecule has 0 aromatic heterocycles. The van der Waals surface area contributed by atoms with Crippen molar-refractivity contribution in [1.29, 1.82) is 0 Å². The molecule has 0 N–H and O–H groups in total. The van der Waals surface area contributed by atoms with Crippen molar-refractivity contribution in [3.05, 3.63) is 12.2 Å². The Morgan fingerprint density at radius 2 is 2.38 bits per heavy atom. The third-order valence-corrected chi connectivity index (χ3v) is 2.75. The summed E-state index contributed by atoms with van der Waals surface area (Å²) in [6, 6.07) is 0. The minimum atomic E-state index is -0.0113. The molecule has 0 aromatic carbocycles. The van der Waals surface area contributed by atoms with E-state index in [-0.39, 0.29) is 44.6 Å². The summed E-state index contributed by atoms with van der Waals surface area (Å²) in [5.41, 5.74) is 0. The fourth-order valence-electron chi connectivity index (χ4n) is 2.17. The number of hydrogen-bond acceptors (Lipinski definition) is 2. The maximum atomic E-state index is 11.4. The first-order chi connectivity index (χ1) is 5.81. The van der Waals surface area contributed by atoms with Crippen LogP contribution >= 0.6 is 0 Å². The topological polar surface area (TPSA) is 26.3 Å². The molecule has 0 amide bonds. The molecule has 0 heterocycles. The second kappa shape index (κ2) is 4.70. The Bertz CT molecular complexity index is 225. The average molecular weight is 254 g/mol. The van der Waals surface area contributed by atoms with Crippen LogP contribution < -0.4 is 0 Å². The Labute approximate surface area is 104 Å². The summed E-state index contributed by atoms with van der Waals surface area (Å²) in [4.78, 5) is 11.4. The normalized spacial score (nSPS) is 34.4. The largest absolute Gasteiger partial charge is 0.497 e. The predicted octanol–water partition coefficient (Wildman–Crippen LogP) is 1.56. The van der Waals surface area contributed by atoms with E-state index < -0.39 is 0 Å². The van der Waals surface area contributed by atoms with Crippen LogP contribution in [0.25, 0.3) is 0 Å². The van der Waals surface area contributed by atoms with E-state index in [4.69, 9.17) is 4.74 Å². The summed E-state index contributed by atoms with van der Waals surface area (Å²) in [6.07, 6.45) is 7.37. The van der Waals surface area contributed by atoms with Gasteiger partial charge in [-0.05, 0) is 12.8 Å². The first kappa shape index (κ1) is 11.4. The van der Waals surface area contributed by atoms with Gasteiger partial charge in [-0.3, -0.25) is 10.9 Å². The molecular weight excluding hydrogens is 241 g/mol. The number of allylic oxidation sites excluding steroid dienone is 2. The van der Waals surface area contributed by atoms with E-state index in [1.54, 1.807) is 0 Å². The van der Waals surface area contributed by atoms with Crippen molar-refractivity contribution < 1.29 is 42.2 Å². The van der Waals surface area contributed by atoms with E-state index in [2.05, 4.69) is 12.2 Å². The number of fused-ring (bicyclic) bond motifs is 2. The van der Waals surface area contributed by atoms with E-state index in [0.717, 1.165) is 12.8 Å². The third-order valence-electron chi connectivity index (χ3n) is 2.75. The monoisotopic (exact) mass is 254 g/mol. The maximum Gasteiger partial charge on any atom is 0.309 e. The van der Waals surface area contributed by atoms with Gasteiger partial charge >= 0.3 is 5.97 Å². The summed E-state index contributed by atoms with van der Waals surface area (Å²) in [7, 11) is 0. The number of ether oxygens (including phenoxy) is 1. The molecule has 2 aliphatic carbocycles. The van der Waals surface area contributed by atoms with Crippen molar-refractivity contribution >= 4 is 5.97 Å². The van der Waals surface area contributed by atoms with Gasteiger partial charge in [-0.1, -0.05) is 12.8 Å². The summed E-state index contributed by atoms with van der Waals surface area (Å²) in [5.74, 6) is 1.08. The number of esters is 1. The van der Waals surface area contributed by atoms with Crippen molar-refractivity contribution in [1.82, 2.24) is 0 Å². The summed E-state index contributed by atoms with van der Waals surface area (Å²) >= 11 is 0. The number of carbonyl (C=O) groups is 1. The van der Waals surface area contributed by atoms with Crippen LogP contribution in [0.1, 0.15) is 19.8 Å². The van der Waals surface area contributed by atoms with Gasteiger partial charge in [-0.25, -0.2) is 0 Å². The Kier molecular flexibility index (Phi) is 4.12. The molecule has 2 nitrogen and oxygen atoms in total. The SMILES string of the molecule is CCOC(=O)C1CC2[C-]=CC1C2.[Y]. The van der Waals surface area contributed by atoms with Gasteiger partial charge in [0.05, 0.1) is 12.5 Å². The zero-order chi connectivity index (χ0) is 8.55. The molecule has 2 aliphatic rings. The molecule has 0 aliphatic heterocycles. The van der Waals surface area contributed by atoms with Crippen molar-refractivity contribution in [2.45, 2.75) is 19.8 Å². The van der Waals surface area contributed by atoms with Gasteiger partial charge in [-0.15, -0.1) is 0 Å². The van der Waals surface area contributed by atoms with Crippen LogP contribution in [0.15, 0.2) is 6.08 Å². The van der Waals surface area contributed by atoms with Crippen molar-refractivity contribution in [2.75, 3.05) is 6.61 Å². The molecule has 69 valence electrons. The number of hydrogen-bond donors (Lipinski definition) is 0. The molecule has 0 saturated heterocycles. The van der Waals surface area contributed by atoms with E-state index in [1.165, 1.54) is 0 Å². The van der Waals surface area contributed by atoms with Crippen LogP contribution in [0.3, 0.4) is 0 Å². The molecule has 0 aromatic rings. The van der Waals surface area contributed by atoms with Gasteiger partial charge in [0, 0.05) is 32.7 Å². The van der Waals surface area contributed by atoms with Crippen LogP contribution in [-0.2, 0) is 42.2 Å². The molecule has 2 rings (SSSR count). The van der Waals surface area contributed by atoms with E-state index in [9.17, 15) is 4.79 Å². The number of carbonyl (C=O) groups excluding carboxylic acids is 1. The predicted molar refractivity (Wildman–Crippen MR) is 44.2 cm³/mol. The minimum absolute atomic E-state index is 0. The van der Waals surface area contributed by atoms with Gasteiger partial charge in [-0.2, -0.15) is 5.92 Å². The molecule has 0 spiro atoms. The smallest absolute Gasteiger partial charge is 0.309 e. The Balaban J connectivity index is 0.000000845. The Morgan fingerprint density at radius 1 is 1.62 bits per heavy atom. The Morgan fingerprint density at radius 3 is 2.85 bits per heavy atom. The van der Waals surface area contributed by atoms with E-state index in [1.807, 2.05) is 6.92 Å². The van der Waals surface area contributed by atoms with Crippen LogP contribution in [0, 0.1) is 23.8 Å².